The fraction of sp³-hybridized carbons (Fsp3) is 0.128. The minimum absolute atomic E-state index is 0.900. The number of thiazole rings is 1. The molecule has 0 bridgehead atoms. The van der Waals surface area contributed by atoms with E-state index in [9.17, 15) is 0 Å². The highest BCUT2D eigenvalue weighted by Crippen LogP contribution is 2.35. The van der Waals surface area contributed by atoms with Crippen LogP contribution >= 0.6 is 11.3 Å². The van der Waals surface area contributed by atoms with Gasteiger partial charge in [-0.25, -0.2) is 4.98 Å². The van der Waals surface area contributed by atoms with Gasteiger partial charge in [-0.15, -0.1) is 11.3 Å². The summed E-state index contributed by atoms with van der Waals surface area (Å²) in [5.41, 5.74) is 9.42. The van der Waals surface area contributed by atoms with Crippen LogP contribution in [0.15, 0.2) is 161 Å². The number of hydrogen-bond acceptors (Lipinski definition) is 9. The molecule has 0 unspecified atom stereocenters. The SMILES string of the molecule is C[Si]1(C)N=c2cccc(N(c3ccc(-c4ccc(-c5nc6ccccc6s5)cc4)c4c3=N[Si](C)(C)N=4)c3ccc(-c4cccc5ccccc45)c4c3=N[Si](C)(C)N=4)c2=N1. The zero-order chi connectivity index (χ0) is 40.3. The summed E-state index contributed by atoms with van der Waals surface area (Å²) in [6, 6.07) is 47.4. The average Bonchev–Trinajstić information content (AvgIpc) is 3.97. The first kappa shape index (κ1) is 36.1. The Balaban J connectivity index is 1.14. The normalized spacial score (nSPS) is 16.2. The molecule has 8 nitrogen and oxygen atoms in total. The van der Waals surface area contributed by atoms with Crippen molar-refractivity contribution in [1.29, 1.82) is 0 Å². The van der Waals surface area contributed by atoms with Gasteiger partial charge in [-0.3, -0.25) is 27.9 Å². The van der Waals surface area contributed by atoms with Gasteiger partial charge >= 0.3 is 0 Å². The molecule has 11 rings (SSSR count). The molecule has 0 atom stereocenters. The zero-order valence-corrected chi connectivity index (χ0v) is 37.5. The van der Waals surface area contributed by atoms with E-state index in [0.29, 0.717) is 0 Å². The standard InChI is InChI=1S/C47H40N8SSi3/c1-57(2)49-37-18-12-19-38(44(37)52-57)55(40-28-26-35(43-46(40)54-59(5,6)51-43)34-16-11-14-29-13-7-8-15-32(29)34)39-27-25-33(42-45(39)53-58(3,4)50-42)30-21-23-31(24-22-30)47-48-36-17-9-10-20-41(36)56-47/h7-28H,1-6H3. The molecule has 0 N–H and O–H groups in total. The van der Waals surface area contributed by atoms with Crippen molar-refractivity contribution >= 4 is 74.6 Å². The Bertz CT molecular complexity index is 3470. The minimum Gasteiger partial charge on any atom is -0.304 e. The lowest BCUT2D eigenvalue weighted by atomic mass is 9.97. The number of anilines is 3. The van der Waals surface area contributed by atoms with Crippen molar-refractivity contribution in [2.75, 3.05) is 4.90 Å². The molecule has 0 aliphatic carbocycles. The van der Waals surface area contributed by atoms with Crippen LogP contribution in [0.25, 0.3) is 53.8 Å². The van der Waals surface area contributed by atoms with Crippen LogP contribution in [0.3, 0.4) is 0 Å². The monoisotopic (exact) mass is 832 g/mol. The summed E-state index contributed by atoms with van der Waals surface area (Å²) in [4.78, 5) is 7.25. The molecule has 286 valence electrons. The maximum atomic E-state index is 5.51. The Labute approximate surface area is 348 Å². The molecule has 7 aromatic carbocycles. The highest BCUT2D eigenvalue weighted by Gasteiger charge is 2.33. The molecule has 0 saturated carbocycles. The summed E-state index contributed by atoms with van der Waals surface area (Å²) in [7, 11) is -7.01. The van der Waals surface area contributed by atoms with E-state index in [1.807, 2.05) is 6.07 Å². The Kier molecular flexibility index (Phi) is 7.93. The van der Waals surface area contributed by atoms with Gasteiger partial charge in [-0.05, 0) is 104 Å². The molecule has 4 heterocycles. The third-order valence-electron chi connectivity index (χ3n) is 11.1. The second-order valence-corrected chi connectivity index (χ2v) is 28.2. The van der Waals surface area contributed by atoms with Gasteiger partial charge in [0.2, 0.25) is 0 Å². The Morgan fingerprint density at radius 1 is 0.424 bits per heavy atom. The largest absolute Gasteiger partial charge is 0.304 e. The fourth-order valence-corrected chi connectivity index (χ4v) is 14.4. The van der Waals surface area contributed by atoms with Gasteiger partial charge in [0, 0.05) is 16.7 Å². The van der Waals surface area contributed by atoms with E-state index in [0.717, 1.165) is 87.5 Å². The maximum absolute atomic E-state index is 5.51. The summed E-state index contributed by atoms with van der Waals surface area (Å²) in [5, 5.41) is 8.95. The summed E-state index contributed by atoms with van der Waals surface area (Å²) in [6.45, 7) is 13.2. The Hall–Kier alpha value is -6.06. The van der Waals surface area contributed by atoms with Gasteiger partial charge in [-0.2, -0.15) is 0 Å². The van der Waals surface area contributed by atoms with Crippen molar-refractivity contribution < 1.29 is 0 Å². The highest BCUT2D eigenvalue weighted by molar-refractivity contribution is 7.21. The molecule has 0 amide bonds. The molecular formula is C47H40N8SSi3. The van der Waals surface area contributed by atoms with Crippen molar-refractivity contribution in [2.24, 2.45) is 27.9 Å². The van der Waals surface area contributed by atoms with Gasteiger partial charge in [0.25, 0.3) is 25.2 Å². The van der Waals surface area contributed by atoms with E-state index >= 15 is 0 Å². The van der Waals surface area contributed by atoms with E-state index in [-0.39, 0.29) is 0 Å². The highest BCUT2D eigenvalue weighted by atomic mass is 32.1. The van der Waals surface area contributed by atoms with Crippen LogP contribution in [-0.2, 0) is 0 Å². The number of fused-ring (bicyclic) bond motifs is 5. The second-order valence-electron chi connectivity index (χ2n) is 16.9. The molecule has 59 heavy (non-hydrogen) atoms. The Morgan fingerprint density at radius 3 is 1.73 bits per heavy atom. The van der Waals surface area contributed by atoms with Crippen molar-refractivity contribution in [3.8, 4) is 32.8 Å². The van der Waals surface area contributed by atoms with Gasteiger partial charge in [0.05, 0.1) is 59.4 Å². The first-order valence-corrected chi connectivity index (χ1v) is 29.5. The van der Waals surface area contributed by atoms with E-state index < -0.39 is 25.2 Å². The van der Waals surface area contributed by atoms with Crippen LogP contribution in [0.2, 0.25) is 39.3 Å². The molecule has 3 aliphatic rings. The van der Waals surface area contributed by atoms with Crippen molar-refractivity contribution in [2.45, 2.75) is 39.3 Å². The van der Waals surface area contributed by atoms with Gasteiger partial charge in [-0.1, -0.05) is 91.0 Å². The lowest BCUT2D eigenvalue weighted by molar-refractivity contribution is 1.17. The van der Waals surface area contributed by atoms with Crippen LogP contribution in [0.1, 0.15) is 0 Å². The molecule has 0 radical (unpaired) electrons. The Morgan fingerprint density at radius 2 is 0.983 bits per heavy atom. The van der Waals surface area contributed by atoms with Crippen LogP contribution in [0.4, 0.5) is 17.1 Å². The predicted octanol–water partition coefficient (Wildman–Crippen LogP) is 8.78. The molecule has 0 fully saturated rings. The average molecular weight is 833 g/mol. The van der Waals surface area contributed by atoms with E-state index in [4.69, 9.17) is 32.9 Å². The number of para-hydroxylation sites is 1. The number of aromatic nitrogens is 1. The number of nitrogens with zero attached hydrogens (tertiary/aromatic N) is 8. The molecule has 8 aromatic rings. The predicted molar refractivity (Wildman–Crippen MR) is 247 cm³/mol. The summed E-state index contributed by atoms with van der Waals surface area (Å²) in [6.07, 6.45) is 0. The van der Waals surface area contributed by atoms with Crippen LogP contribution in [0.5, 0.6) is 0 Å². The quantitative estimate of drug-likeness (QED) is 0.157. The third-order valence-corrected chi connectivity index (χ3v) is 16.8. The maximum Gasteiger partial charge on any atom is 0.298 e. The topological polar surface area (TPSA) is 90.3 Å². The molecule has 0 spiro atoms. The molecular weight excluding hydrogens is 793 g/mol. The zero-order valence-electron chi connectivity index (χ0n) is 33.7. The van der Waals surface area contributed by atoms with Crippen molar-refractivity contribution in [3.05, 3.63) is 166 Å². The smallest absolute Gasteiger partial charge is 0.298 e. The summed E-state index contributed by atoms with van der Waals surface area (Å²) >= 11 is 1.72. The fourth-order valence-electron chi connectivity index (χ4n) is 8.68. The number of rotatable bonds is 6. The third kappa shape index (κ3) is 6.08. The minimum atomic E-state index is -2.39. The van der Waals surface area contributed by atoms with Gasteiger partial charge in [0.15, 0.2) is 0 Å². The van der Waals surface area contributed by atoms with E-state index in [2.05, 4.69) is 172 Å². The number of benzene rings is 7. The lowest BCUT2D eigenvalue weighted by Crippen LogP contribution is -2.38. The lowest BCUT2D eigenvalue weighted by Gasteiger charge is -2.26. The van der Waals surface area contributed by atoms with E-state index in [1.165, 1.54) is 15.5 Å². The van der Waals surface area contributed by atoms with Crippen molar-refractivity contribution in [3.63, 3.8) is 0 Å². The van der Waals surface area contributed by atoms with Gasteiger partial charge in [0.1, 0.15) is 5.01 Å². The van der Waals surface area contributed by atoms with E-state index in [1.54, 1.807) is 11.3 Å². The van der Waals surface area contributed by atoms with Crippen LogP contribution in [0, 0.1) is 0 Å². The molecule has 3 aliphatic heterocycles. The first-order valence-electron chi connectivity index (χ1n) is 20.0. The number of hydrogen-bond donors (Lipinski definition) is 0. The van der Waals surface area contributed by atoms with Gasteiger partial charge < -0.3 is 4.90 Å². The molecule has 1 aromatic heterocycles. The summed E-state index contributed by atoms with van der Waals surface area (Å²) in [5.74, 6) is 0. The molecule has 0 saturated heterocycles. The van der Waals surface area contributed by atoms with Crippen molar-refractivity contribution in [1.82, 2.24) is 4.98 Å². The first-order chi connectivity index (χ1) is 28.4. The van der Waals surface area contributed by atoms with Crippen LogP contribution in [-0.4, -0.2) is 30.2 Å². The second kappa shape index (κ2) is 13.0. The summed E-state index contributed by atoms with van der Waals surface area (Å²) < 4.78 is 33.6. The molecule has 12 heteroatoms. The van der Waals surface area contributed by atoms with Crippen LogP contribution < -0.4 is 37.0 Å².